The van der Waals surface area contributed by atoms with Gasteiger partial charge in [0.05, 0.1) is 18.3 Å². The Bertz CT molecular complexity index is 681. The first-order chi connectivity index (χ1) is 13.9. The van der Waals surface area contributed by atoms with Gasteiger partial charge in [-0.3, -0.25) is 4.79 Å². The monoisotopic (exact) mass is 422 g/mol. The quantitative estimate of drug-likeness (QED) is 0.304. The van der Waals surface area contributed by atoms with E-state index in [0.29, 0.717) is 32.1 Å². The van der Waals surface area contributed by atoms with Crippen molar-refractivity contribution in [3.63, 3.8) is 0 Å². The zero-order valence-electron chi connectivity index (χ0n) is 17.1. The SMILES string of the molecule is CCc1ccc(CC[C@H](O)/C=C/[C@@H]2[C@@H](C/C=C\CCCC(=O)O)[C@@H](O)C[C@H]2O)s1. The standard InChI is InChI=1S/C23H34O5S/c1-2-17-12-13-18(29-17)11-9-16(24)10-14-20-19(21(25)15-22(20)26)7-5-3-4-6-8-23(27)28/h3,5,10,12-14,16,19-22,24-26H,2,4,6-9,11,15H2,1H3,(H,27,28)/b5-3-,14-10+/t16-,19+,20+,21-,22+/m0/s1. The summed E-state index contributed by atoms with van der Waals surface area (Å²) in [6.07, 6.45) is 10.7. The summed E-state index contributed by atoms with van der Waals surface area (Å²) in [6, 6.07) is 4.26. The summed E-state index contributed by atoms with van der Waals surface area (Å²) < 4.78 is 0. The van der Waals surface area contributed by atoms with Crippen LogP contribution < -0.4 is 0 Å². The first-order valence-corrected chi connectivity index (χ1v) is 11.4. The lowest BCUT2D eigenvalue weighted by Crippen LogP contribution is -2.20. The number of hydrogen-bond donors (Lipinski definition) is 4. The molecule has 0 unspecified atom stereocenters. The van der Waals surface area contributed by atoms with E-state index in [9.17, 15) is 20.1 Å². The molecular weight excluding hydrogens is 388 g/mol. The number of thiophene rings is 1. The number of aryl methyl sites for hydroxylation is 2. The molecule has 0 aromatic carbocycles. The lowest BCUT2D eigenvalue weighted by atomic mass is 9.89. The van der Waals surface area contributed by atoms with E-state index in [2.05, 4.69) is 19.1 Å². The van der Waals surface area contributed by atoms with Gasteiger partial charge >= 0.3 is 5.97 Å². The van der Waals surface area contributed by atoms with Crippen molar-refractivity contribution in [2.45, 2.75) is 76.6 Å². The summed E-state index contributed by atoms with van der Waals surface area (Å²) in [5, 5.41) is 39.5. The van der Waals surface area contributed by atoms with E-state index in [1.807, 2.05) is 18.2 Å². The fourth-order valence-corrected chi connectivity index (χ4v) is 4.81. The number of rotatable bonds is 12. The van der Waals surface area contributed by atoms with Gasteiger partial charge in [0.15, 0.2) is 0 Å². The molecule has 1 aromatic rings. The highest BCUT2D eigenvalue weighted by Gasteiger charge is 2.39. The predicted octanol–water partition coefficient (Wildman–Crippen LogP) is 3.72. The van der Waals surface area contributed by atoms with Gasteiger partial charge in [-0.2, -0.15) is 0 Å². The molecule has 0 bridgehead atoms. The Balaban J connectivity index is 1.81. The maximum atomic E-state index is 10.5. The van der Waals surface area contributed by atoms with Gasteiger partial charge in [0.1, 0.15) is 0 Å². The third kappa shape index (κ3) is 8.05. The highest BCUT2D eigenvalue weighted by atomic mass is 32.1. The van der Waals surface area contributed by atoms with Crippen LogP contribution in [0.15, 0.2) is 36.4 Å². The van der Waals surface area contributed by atoms with Gasteiger partial charge in [0, 0.05) is 28.5 Å². The Morgan fingerprint density at radius 3 is 2.69 bits per heavy atom. The minimum Gasteiger partial charge on any atom is -0.481 e. The largest absolute Gasteiger partial charge is 0.481 e. The fraction of sp³-hybridized carbons (Fsp3) is 0.609. The normalized spacial score (nSPS) is 25.9. The molecule has 1 aliphatic rings. The average molecular weight is 423 g/mol. The first kappa shape index (κ1) is 23.8. The molecule has 0 saturated heterocycles. The van der Waals surface area contributed by atoms with E-state index >= 15 is 0 Å². The second-order valence-corrected chi connectivity index (χ2v) is 9.07. The van der Waals surface area contributed by atoms with E-state index in [1.54, 1.807) is 17.4 Å². The molecule has 29 heavy (non-hydrogen) atoms. The molecule has 1 aromatic heterocycles. The van der Waals surface area contributed by atoms with E-state index in [0.717, 1.165) is 12.8 Å². The third-order valence-corrected chi connectivity index (χ3v) is 6.85. The number of aliphatic hydroxyl groups is 3. The zero-order chi connectivity index (χ0) is 21.2. The smallest absolute Gasteiger partial charge is 0.303 e. The van der Waals surface area contributed by atoms with Gasteiger partial charge in [-0.25, -0.2) is 0 Å². The van der Waals surface area contributed by atoms with E-state index in [4.69, 9.17) is 5.11 Å². The second kappa shape index (κ2) is 12.3. The Hall–Kier alpha value is -1.47. The highest BCUT2D eigenvalue weighted by molar-refractivity contribution is 7.11. The molecule has 162 valence electrons. The molecule has 1 saturated carbocycles. The van der Waals surface area contributed by atoms with Gasteiger partial charge in [-0.1, -0.05) is 31.2 Å². The Labute approximate surface area is 177 Å². The van der Waals surface area contributed by atoms with Crippen molar-refractivity contribution in [2.24, 2.45) is 11.8 Å². The summed E-state index contributed by atoms with van der Waals surface area (Å²) in [6.45, 7) is 2.14. The minimum atomic E-state index is -0.790. The third-order valence-electron chi connectivity index (χ3n) is 5.56. The molecule has 1 fully saturated rings. The van der Waals surface area contributed by atoms with E-state index in [1.165, 1.54) is 9.75 Å². The van der Waals surface area contributed by atoms with Crippen molar-refractivity contribution in [1.29, 1.82) is 0 Å². The number of hydrogen-bond acceptors (Lipinski definition) is 5. The number of carbonyl (C=O) groups is 1. The van der Waals surface area contributed by atoms with Crippen molar-refractivity contribution in [3.05, 3.63) is 46.2 Å². The second-order valence-electron chi connectivity index (χ2n) is 7.82. The van der Waals surface area contributed by atoms with Crippen molar-refractivity contribution in [2.75, 3.05) is 0 Å². The zero-order valence-corrected chi connectivity index (χ0v) is 17.9. The van der Waals surface area contributed by atoms with Crippen LogP contribution in [0, 0.1) is 11.8 Å². The summed E-state index contributed by atoms with van der Waals surface area (Å²) in [4.78, 5) is 13.1. The van der Waals surface area contributed by atoms with Gasteiger partial charge < -0.3 is 20.4 Å². The lowest BCUT2D eigenvalue weighted by molar-refractivity contribution is -0.137. The van der Waals surface area contributed by atoms with Crippen molar-refractivity contribution in [3.8, 4) is 0 Å². The van der Waals surface area contributed by atoms with Crippen LogP contribution in [-0.4, -0.2) is 44.7 Å². The van der Waals surface area contributed by atoms with Crippen molar-refractivity contribution < 1.29 is 25.2 Å². The van der Waals surface area contributed by atoms with E-state index < -0.39 is 24.3 Å². The number of carboxylic acid groups (broad SMARTS) is 1. The summed E-state index contributed by atoms with van der Waals surface area (Å²) in [5.41, 5.74) is 0. The van der Waals surface area contributed by atoms with Gasteiger partial charge in [0.25, 0.3) is 0 Å². The van der Waals surface area contributed by atoms with Crippen molar-refractivity contribution in [1.82, 2.24) is 0 Å². The fourth-order valence-electron chi connectivity index (χ4n) is 3.84. The molecule has 1 aliphatic carbocycles. The molecule has 0 radical (unpaired) electrons. The van der Waals surface area contributed by atoms with E-state index in [-0.39, 0.29) is 18.3 Å². The van der Waals surface area contributed by atoms with Crippen molar-refractivity contribution >= 4 is 17.3 Å². The Morgan fingerprint density at radius 2 is 2.00 bits per heavy atom. The summed E-state index contributed by atoms with van der Waals surface area (Å²) >= 11 is 1.79. The lowest BCUT2D eigenvalue weighted by Gasteiger charge is -2.19. The number of aliphatic carboxylic acids is 1. The molecular formula is C23H34O5S. The molecule has 0 amide bonds. The number of aliphatic hydroxyl groups excluding tert-OH is 3. The van der Waals surface area contributed by atoms with Crippen LogP contribution in [0.3, 0.4) is 0 Å². The topological polar surface area (TPSA) is 98.0 Å². The summed E-state index contributed by atoms with van der Waals surface area (Å²) in [7, 11) is 0. The minimum absolute atomic E-state index is 0.0893. The molecule has 6 heteroatoms. The van der Waals surface area contributed by atoms with Crippen LogP contribution in [0.25, 0.3) is 0 Å². The Kier molecular flexibility index (Phi) is 10.1. The number of unbranched alkanes of at least 4 members (excludes halogenated alkanes) is 1. The molecule has 0 aliphatic heterocycles. The van der Waals surface area contributed by atoms with Crippen LogP contribution >= 0.6 is 11.3 Å². The van der Waals surface area contributed by atoms with Gasteiger partial charge in [-0.05, 0) is 56.6 Å². The molecule has 1 heterocycles. The molecule has 4 N–H and O–H groups in total. The molecule has 5 nitrogen and oxygen atoms in total. The Morgan fingerprint density at radius 1 is 1.24 bits per heavy atom. The van der Waals surface area contributed by atoms with Crippen LogP contribution in [0.5, 0.6) is 0 Å². The van der Waals surface area contributed by atoms with Crippen LogP contribution in [0.4, 0.5) is 0 Å². The molecule has 0 spiro atoms. The highest BCUT2D eigenvalue weighted by Crippen LogP contribution is 2.36. The maximum Gasteiger partial charge on any atom is 0.303 e. The maximum absolute atomic E-state index is 10.5. The predicted molar refractivity (Wildman–Crippen MR) is 116 cm³/mol. The van der Waals surface area contributed by atoms with Gasteiger partial charge in [-0.15, -0.1) is 11.3 Å². The number of carboxylic acids is 1. The van der Waals surface area contributed by atoms with Crippen LogP contribution in [-0.2, 0) is 17.6 Å². The first-order valence-electron chi connectivity index (χ1n) is 10.6. The average Bonchev–Trinajstić information content (AvgIpc) is 3.25. The van der Waals surface area contributed by atoms with Crippen LogP contribution in [0.1, 0.15) is 55.2 Å². The molecule has 2 rings (SSSR count). The van der Waals surface area contributed by atoms with Gasteiger partial charge in [0.2, 0.25) is 0 Å². The molecule has 5 atom stereocenters. The number of allylic oxidation sites excluding steroid dienone is 2. The summed E-state index contributed by atoms with van der Waals surface area (Å²) in [5.74, 6) is -1.06. The van der Waals surface area contributed by atoms with Crippen LogP contribution in [0.2, 0.25) is 0 Å².